The Kier molecular flexibility index (Phi) is 5.11. The lowest BCUT2D eigenvalue weighted by Gasteiger charge is -2.14. The number of carbonyl (C=O) groups is 1. The number of hydrogen-bond acceptors (Lipinski definition) is 4. The predicted molar refractivity (Wildman–Crippen MR) is 93.7 cm³/mol. The van der Waals surface area contributed by atoms with Crippen LogP contribution in [0.4, 0.5) is 4.79 Å². The van der Waals surface area contributed by atoms with Crippen LogP contribution in [0.5, 0.6) is 11.5 Å². The van der Waals surface area contributed by atoms with Gasteiger partial charge < -0.3 is 20.1 Å². The Bertz CT molecular complexity index is 757. The molecule has 25 heavy (non-hydrogen) atoms. The lowest BCUT2D eigenvalue weighted by atomic mass is 10.2. The topological polar surface area (TPSA) is 77.4 Å². The molecule has 0 radical (unpaired) electrons. The molecule has 0 saturated heterocycles. The summed E-state index contributed by atoms with van der Waals surface area (Å²) in [4.78, 5) is 12.0. The van der Waals surface area contributed by atoms with E-state index in [0.29, 0.717) is 13.1 Å². The van der Waals surface area contributed by atoms with E-state index in [-0.39, 0.29) is 18.7 Å². The van der Waals surface area contributed by atoms with Gasteiger partial charge in [-0.1, -0.05) is 13.0 Å². The van der Waals surface area contributed by atoms with Crippen LogP contribution in [0.2, 0.25) is 0 Å². The number of ether oxygens (including phenoxy) is 2. The zero-order valence-corrected chi connectivity index (χ0v) is 14.8. The molecule has 134 valence electrons. The van der Waals surface area contributed by atoms with Gasteiger partial charge in [0.1, 0.15) is 0 Å². The zero-order valence-electron chi connectivity index (χ0n) is 14.8. The van der Waals surface area contributed by atoms with Crippen molar-refractivity contribution in [1.29, 1.82) is 0 Å². The molecule has 0 saturated carbocycles. The van der Waals surface area contributed by atoms with Gasteiger partial charge in [0.15, 0.2) is 11.5 Å². The van der Waals surface area contributed by atoms with Gasteiger partial charge in [0.25, 0.3) is 0 Å². The summed E-state index contributed by atoms with van der Waals surface area (Å²) in [6.45, 7) is 8.17. The number of aryl methyl sites for hydroxylation is 2. The molecule has 7 nitrogen and oxygen atoms in total. The van der Waals surface area contributed by atoms with Crippen LogP contribution in [0.1, 0.15) is 23.9 Å². The van der Waals surface area contributed by atoms with Gasteiger partial charge in [0, 0.05) is 25.3 Å². The van der Waals surface area contributed by atoms with Crippen LogP contribution in [0.15, 0.2) is 24.3 Å². The Labute approximate surface area is 147 Å². The smallest absolute Gasteiger partial charge is 0.315 e. The van der Waals surface area contributed by atoms with Crippen molar-refractivity contribution in [2.45, 2.75) is 33.9 Å². The van der Waals surface area contributed by atoms with E-state index in [0.717, 1.165) is 35.0 Å². The Morgan fingerprint density at radius 2 is 2.04 bits per heavy atom. The first-order chi connectivity index (χ1) is 12.0. The molecule has 1 aliphatic rings. The van der Waals surface area contributed by atoms with E-state index in [1.54, 1.807) is 0 Å². The number of urea groups is 1. The van der Waals surface area contributed by atoms with Crippen molar-refractivity contribution in [1.82, 2.24) is 20.4 Å². The van der Waals surface area contributed by atoms with E-state index in [9.17, 15) is 4.79 Å². The second kappa shape index (κ2) is 7.46. The molecule has 3 rings (SSSR count). The molecule has 0 aliphatic carbocycles. The third-order valence-electron chi connectivity index (χ3n) is 4.09. The van der Waals surface area contributed by atoms with Crippen molar-refractivity contribution in [3.63, 3.8) is 0 Å². The van der Waals surface area contributed by atoms with Crippen LogP contribution in [-0.4, -0.2) is 29.1 Å². The summed E-state index contributed by atoms with van der Waals surface area (Å²) in [5.74, 6) is 1.75. The minimum Gasteiger partial charge on any atom is -0.454 e. The molecule has 2 aromatic rings. The highest BCUT2D eigenvalue weighted by atomic mass is 16.7. The van der Waals surface area contributed by atoms with Gasteiger partial charge in [-0.2, -0.15) is 5.10 Å². The van der Waals surface area contributed by atoms with E-state index >= 15 is 0 Å². The van der Waals surface area contributed by atoms with Crippen molar-refractivity contribution < 1.29 is 14.3 Å². The van der Waals surface area contributed by atoms with E-state index in [1.807, 2.05) is 36.7 Å². The minimum atomic E-state index is -0.183. The Morgan fingerprint density at radius 3 is 2.80 bits per heavy atom. The van der Waals surface area contributed by atoms with Gasteiger partial charge in [-0.3, -0.25) is 4.68 Å². The molecular formula is C18H24N4O3. The van der Waals surface area contributed by atoms with Gasteiger partial charge in [-0.25, -0.2) is 4.79 Å². The molecule has 2 heterocycles. The predicted octanol–water partition coefficient (Wildman–Crippen LogP) is 2.36. The van der Waals surface area contributed by atoms with E-state index in [2.05, 4.69) is 28.7 Å². The summed E-state index contributed by atoms with van der Waals surface area (Å²) in [5, 5.41) is 10.2. The van der Waals surface area contributed by atoms with Crippen molar-refractivity contribution in [2.24, 2.45) is 5.92 Å². The largest absolute Gasteiger partial charge is 0.454 e. The molecule has 0 fully saturated rings. The Hall–Kier alpha value is -2.70. The molecule has 0 bridgehead atoms. The van der Waals surface area contributed by atoms with Crippen LogP contribution in [0.3, 0.4) is 0 Å². The number of aromatic nitrogens is 2. The minimum absolute atomic E-state index is 0.183. The van der Waals surface area contributed by atoms with Crippen molar-refractivity contribution >= 4 is 6.03 Å². The number of benzene rings is 1. The summed E-state index contributed by atoms with van der Waals surface area (Å²) in [5.41, 5.74) is 3.12. The fourth-order valence-corrected chi connectivity index (χ4v) is 2.78. The number of fused-ring (bicyclic) bond motifs is 1. The van der Waals surface area contributed by atoms with Gasteiger partial charge in [-0.15, -0.1) is 0 Å². The molecule has 0 spiro atoms. The molecule has 0 unspecified atom stereocenters. The third-order valence-corrected chi connectivity index (χ3v) is 4.09. The van der Waals surface area contributed by atoms with Gasteiger partial charge >= 0.3 is 6.03 Å². The Balaban J connectivity index is 1.41. The zero-order chi connectivity index (χ0) is 17.8. The van der Waals surface area contributed by atoms with Gasteiger partial charge in [0.2, 0.25) is 6.79 Å². The third kappa shape index (κ3) is 4.43. The average Bonchev–Trinajstić information content (AvgIpc) is 3.16. The van der Waals surface area contributed by atoms with Crippen LogP contribution in [0, 0.1) is 19.8 Å². The molecular weight excluding hydrogens is 320 g/mol. The maximum atomic E-state index is 12.0. The van der Waals surface area contributed by atoms with Crippen LogP contribution < -0.4 is 20.1 Å². The van der Waals surface area contributed by atoms with E-state index < -0.39 is 0 Å². The van der Waals surface area contributed by atoms with E-state index in [1.165, 1.54) is 0 Å². The molecule has 7 heteroatoms. The summed E-state index contributed by atoms with van der Waals surface area (Å²) < 4.78 is 12.6. The molecule has 1 atom stereocenters. The first-order valence-corrected chi connectivity index (χ1v) is 8.42. The fraction of sp³-hybridized carbons (Fsp3) is 0.444. The van der Waals surface area contributed by atoms with Crippen molar-refractivity contribution in [3.8, 4) is 11.5 Å². The van der Waals surface area contributed by atoms with Crippen LogP contribution in [-0.2, 0) is 13.1 Å². The molecule has 1 aliphatic heterocycles. The van der Waals surface area contributed by atoms with Crippen molar-refractivity contribution in [2.75, 3.05) is 13.3 Å². The number of nitrogens with zero attached hydrogens (tertiary/aromatic N) is 2. The number of rotatable bonds is 6. The normalized spacial score (nSPS) is 13.6. The van der Waals surface area contributed by atoms with E-state index in [4.69, 9.17) is 9.47 Å². The highest BCUT2D eigenvalue weighted by molar-refractivity contribution is 5.73. The summed E-state index contributed by atoms with van der Waals surface area (Å²) in [6.07, 6.45) is 0. The summed E-state index contributed by atoms with van der Waals surface area (Å²) in [7, 11) is 0. The monoisotopic (exact) mass is 344 g/mol. The molecule has 2 N–H and O–H groups in total. The summed E-state index contributed by atoms with van der Waals surface area (Å²) >= 11 is 0. The highest BCUT2D eigenvalue weighted by Gasteiger charge is 2.13. The number of hydrogen-bond donors (Lipinski definition) is 2. The maximum absolute atomic E-state index is 12.0. The average molecular weight is 344 g/mol. The first kappa shape index (κ1) is 17.1. The number of nitrogens with one attached hydrogen (secondary N) is 2. The SMILES string of the molecule is Cc1cc(C)n(C[C@H](C)CNC(=O)NCc2ccc3c(c2)OCO3)n1. The quantitative estimate of drug-likeness (QED) is 0.843. The lowest BCUT2D eigenvalue weighted by Crippen LogP contribution is -2.38. The van der Waals surface area contributed by atoms with Crippen LogP contribution >= 0.6 is 0 Å². The maximum Gasteiger partial charge on any atom is 0.315 e. The number of amides is 2. The van der Waals surface area contributed by atoms with Crippen LogP contribution in [0.25, 0.3) is 0 Å². The highest BCUT2D eigenvalue weighted by Crippen LogP contribution is 2.32. The second-order valence-electron chi connectivity index (χ2n) is 6.47. The fourth-order valence-electron chi connectivity index (χ4n) is 2.78. The van der Waals surface area contributed by atoms with Crippen molar-refractivity contribution in [3.05, 3.63) is 41.2 Å². The standard InChI is InChI=1S/C18H24N4O3/c1-12(10-22-14(3)6-13(2)21-22)8-19-18(23)20-9-15-4-5-16-17(7-15)25-11-24-16/h4-7,12H,8-11H2,1-3H3,(H2,19,20,23)/t12-/m1/s1. The second-order valence-corrected chi connectivity index (χ2v) is 6.47. The number of carbonyl (C=O) groups excluding carboxylic acids is 1. The lowest BCUT2D eigenvalue weighted by molar-refractivity contribution is 0.174. The molecule has 1 aromatic heterocycles. The molecule has 2 amide bonds. The van der Waals surface area contributed by atoms with Gasteiger partial charge in [0.05, 0.1) is 5.69 Å². The first-order valence-electron chi connectivity index (χ1n) is 8.42. The summed E-state index contributed by atoms with van der Waals surface area (Å²) in [6, 6.07) is 7.53. The Morgan fingerprint density at radius 1 is 1.24 bits per heavy atom. The van der Waals surface area contributed by atoms with Gasteiger partial charge in [-0.05, 0) is 43.5 Å². The molecule has 1 aromatic carbocycles.